The van der Waals surface area contributed by atoms with Gasteiger partial charge in [0.05, 0.1) is 12.1 Å². The normalized spacial score (nSPS) is 10.7. The maximum absolute atomic E-state index is 12.2. The molecule has 0 saturated heterocycles. The molecule has 0 spiro atoms. The lowest BCUT2D eigenvalue weighted by Crippen LogP contribution is -2.14. The predicted molar refractivity (Wildman–Crippen MR) is 95.5 cm³/mol. The molecule has 122 valence electrons. The van der Waals surface area contributed by atoms with Gasteiger partial charge in [0.25, 0.3) is 0 Å². The SMILES string of the molecule is COc1ccc(CCC(=O)Nc2ccccc2C(C)C)cc1Cl. The fourth-order valence-corrected chi connectivity index (χ4v) is 2.73. The molecule has 0 aliphatic rings. The maximum atomic E-state index is 12.2. The van der Waals surface area contributed by atoms with Gasteiger partial charge in [0.15, 0.2) is 0 Å². The number of anilines is 1. The molecule has 0 heterocycles. The Morgan fingerprint density at radius 2 is 1.96 bits per heavy atom. The van der Waals surface area contributed by atoms with Gasteiger partial charge in [0.2, 0.25) is 5.91 Å². The van der Waals surface area contributed by atoms with Crippen molar-refractivity contribution in [1.29, 1.82) is 0 Å². The van der Waals surface area contributed by atoms with E-state index in [1.165, 1.54) is 0 Å². The number of aryl methyl sites for hydroxylation is 1. The average Bonchev–Trinajstić information content (AvgIpc) is 2.53. The molecule has 2 aromatic rings. The van der Waals surface area contributed by atoms with Crippen molar-refractivity contribution in [2.24, 2.45) is 0 Å². The standard InChI is InChI=1S/C19H22ClNO2/c1-13(2)15-6-4-5-7-17(15)21-19(22)11-9-14-8-10-18(23-3)16(20)12-14/h4-8,10,12-13H,9,11H2,1-3H3,(H,21,22). The Kier molecular flexibility index (Phi) is 6.05. The quantitative estimate of drug-likeness (QED) is 0.805. The Morgan fingerprint density at radius 1 is 1.22 bits per heavy atom. The smallest absolute Gasteiger partial charge is 0.224 e. The van der Waals surface area contributed by atoms with Crippen LogP contribution in [0.15, 0.2) is 42.5 Å². The van der Waals surface area contributed by atoms with Gasteiger partial charge in [-0.15, -0.1) is 0 Å². The van der Waals surface area contributed by atoms with Crippen LogP contribution in [0.2, 0.25) is 5.02 Å². The minimum absolute atomic E-state index is 0.00467. The fraction of sp³-hybridized carbons (Fsp3) is 0.316. The number of carbonyl (C=O) groups is 1. The zero-order valence-corrected chi connectivity index (χ0v) is 14.5. The topological polar surface area (TPSA) is 38.3 Å². The molecule has 3 nitrogen and oxygen atoms in total. The molecule has 1 amide bonds. The number of nitrogens with one attached hydrogen (secondary N) is 1. The summed E-state index contributed by atoms with van der Waals surface area (Å²) in [5.74, 6) is 1.02. The lowest BCUT2D eigenvalue weighted by atomic mass is 10.0. The second-order valence-electron chi connectivity index (χ2n) is 5.76. The fourth-order valence-electron chi connectivity index (χ4n) is 2.45. The van der Waals surface area contributed by atoms with Crippen molar-refractivity contribution < 1.29 is 9.53 Å². The van der Waals surface area contributed by atoms with E-state index in [0.717, 1.165) is 16.8 Å². The van der Waals surface area contributed by atoms with Gasteiger partial charge in [-0.1, -0.05) is 49.7 Å². The highest BCUT2D eigenvalue weighted by atomic mass is 35.5. The van der Waals surface area contributed by atoms with E-state index in [-0.39, 0.29) is 5.91 Å². The molecule has 1 N–H and O–H groups in total. The monoisotopic (exact) mass is 331 g/mol. The molecule has 4 heteroatoms. The molecule has 0 aromatic heterocycles. The molecule has 0 saturated carbocycles. The van der Waals surface area contributed by atoms with E-state index in [0.29, 0.717) is 29.5 Å². The number of amides is 1. The van der Waals surface area contributed by atoms with Crippen LogP contribution in [0.4, 0.5) is 5.69 Å². The second kappa shape index (κ2) is 8.02. The van der Waals surface area contributed by atoms with Crippen molar-refractivity contribution in [3.05, 3.63) is 58.6 Å². The number of benzene rings is 2. The third-order valence-electron chi connectivity index (χ3n) is 3.71. The predicted octanol–water partition coefficient (Wildman–Crippen LogP) is 5.04. The van der Waals surface area contributed by atoms with Crippen LogP contribution >= 0.6 is 11.6 Å². The van der Waals surface area contributed by atoms with Crippen LogP contribution in [0.3, 0.4) is 0 Å². The average molecular weight is 332 g/mol. The summed E-state index contributed by atoms with van der Waals surface area (Å²) < 4.78 is 5.13. The maximum Gasteiger partial charge on any atom is 0.224 e. The molecule has 23 heavy (non-hydrogen) atoms. The Balaban J connectivity index is 1.97. The number of rotatable bonds is 6. The lowest BCUT2D eigenvalue weighted by molar-refractivity contribution is -0.116. The Morgan fingerprint density at radius 3 is 2.61 bits per heavy atom. The van der Waals surface area contributed by atoms with Crippen molar-refractivity contribution in [2.45, 2.75) is 32.6 Å². The highest BCUT2D eigenvalue weighted by Gasteiger charge is 2.10. The number of halogens is 1. The molecule has 2 aromatic carbocycles. The first-order valence-electron chi connectivity index (χ1n) is 7.72. The van der Waals surface area contributed by atoms with Gasteiger partial charge >= 0.3 is 0 Å². The zero-order valence-electron chi connectivity index (χ0n) is 13.7. The van der Waals surface area contributed by atoms with Crippen molar-refractivity contribution in [1.82, 2.24) is 0 Å². The molecule has 2 rings (SSSR count). The number of ether oxygens (including phenoxy) is 1. The highest BCUT2D eigenvalue weighted by Crippen LogP contribution is 2.26. The number of para-hydroxylation sites is 1. The molecule has 0 aliphatic carbocycles. The van der Waals surface area contributed by atoms with Gasteiger partial charge in [0, 0.05) is 12.1 Å². The Bertz CT molecular complexity index is 683. The van der Waals surface area contributed by atoms with E-state index in [9.17, 15) is 4.79 Å². The van der Waals surface area contributed by atoms with Gasteiger partial charge in [-0.25, -0.2) is 0 Å². The van der Waals surface area contributed by atoms with Crippen LogP contribution in [0.1, 0.15) is 37.3 Å². The summed E-state index contributed by atoms with van der Waals surface area (Å²) in [7, 11) is 1.58. The molecule has 0 fully saturated rings. The number of hydrogen-bond donors (Lipinski definition) is 1. The van der Waals surface area contributed by atoms with Crippen LogP contribution in [0.5, 0.6) is 5.75 Å². The summed E-state index contributed by atoms with van der Waals surface area (Å²) in [6, 6.07) is 13.5. The Hall–Kier alpha value is -2.00. The first kappa shape index (κ1) is 17.4. The van der Waals surface area contributed by atoms with Gasteiger partial charge in [-0.2, -0.15) is 0 Å². The third-order valence-corrected chi connectivity index (χ3v) is 4.01. The van der Waals surface area contributed by atoms with Crippen molar-refractivity contribution in [3.63, 3.8) is 0 Å². The van der Waals surface area contributed by atoms with Crippen LogP contribution in [0.25, 0.3) is 0 Å². The minimum atomic E-state index is 0.00467. The van der Waals surface area contributed by atoms with Gasteiger partial charge < -0.3 is 10.1 Å². The van der Waals surface area contributed by atoms with Gasteiger partial charge in [-0.05, 0) is 41.7 Å². The van der Waals surface area contributed by atoms with Crippen LogP contribution in [0, 0.1) is 0 Å². The first-order chi connectivity index (χ1) is 11.0. The molecule has 0 bridgehead atoms. The summed E-state index contributed by atoms with van der Waals surface area (Å²) >= 11 is 6.10. The van der Waals surface area contributed by atoms with Gasteiger partial charge in [-0.3, -0.25) is 4.79 Å². The molecular weight excluding hydrogens is 310 g/mol. The van der Waals surface area contributed by atoms with Gasteiger partial charge in [0.1, 0.15) is 5.75 Å². The third kappa shape index (κ3) is 4.73. The van der Waals surface area contributed by atoms with E-state index >= 15 is 0 Å². The number of hydrogen-bond acceptors (Lipinski definition) is 2. The number of carbonyl (C=O) groups excluding carboxylic acids is 1. The number of methoxy groups -OCH3 is 1. The van der Waals surface area contributed by atoms with E-state index < -0.39 is 0 Å². The van der Waals surface area contributed by atoms with E-state index in [1.807, 2.05) is 42.5 Å². The summed E-state index contributed by atoms with van der Waals surface area (Å²) in [4.78, 5) is 12.2. The lowest BCUT2D eigenvalue weighted by Gasteiger charge is -2.13. The van der Waals surface area contributed by atoms with Crippen molar-refractivity contribution in [2.75, 3.05) is 12.4 Å². The highest BCUT2D eigenvalue weighted by molar-refractivity contribution is 6.32. The van der Waals surface area contributed by atoms with E-state index in [1.54, 1.807) is 7.11 Å². The molecule has 0 radical (unpaired) electrons. The minimum Gasteiger partial charge on any atom is -0.495 e. The van der Waals surface area contributed by atoms with E-state index in [4.69, 9.17) is 16.3 Å². The molecular formula is C19H22ClNO2. The molecule has 0 unspecified atom stereocenters. The van der Waals surface area contributed by atoms with Crippen LogP contribution in [-0.2, 0) is 11.2 Å². The summed E-state index contributed by atoms with van der Waals surface area (Å²) in [5.41, 5.74) is 3.05. The summed E-state index contributed by atoms with van der Waals surface area (Å²) in [6.45, 7) is 4.23. The molecule has 0 aliphatic heterocycles. The summed E-state index contributed by atoms with van der Waals surface area (Å²) in [5, 5.41) is 3.57. The Labute approximate surface area is 142 Å². The van der Waals surface area contributed by atoms with Crippen LogP contribution < -0.4 is 10.1 Å². The largest absolute Gasteiger partial charge is 0.495 e. The second-order valence-corrected chi connectivity index (χ2v) is 6.17. The van der Waals surface area contributed by atoms with Crippen LogP contribution in [-0.4, -0.2) is 13.0 Å². The summed E-state index contributed by atoms with van der Waals surface area (Å²) in [6.07, 6.45) is 1.05. The van der Waals surface area contributed by atoms with Crippen molar-refractivity contribution in [3.8, 4) is 5.75 Å². The van der Waals surface area contributed by atoms with Crippen molar-refractivity contribution >= 4 is 23.2 Å². The van der Waals surface area contributed by atoms with E-state index in [2.05, 4.69) is 19.2 Å². The first-order valence-corrected chi connectivity index (χ1v) is 8.10. The zero-order chi connectivity index (χ0) is 16.8. The molecule has 0 atom stereocenters.